The molecule has 0 amide bonds. The number of benzene rings is 1. The smallest absolute Gasteiger partial charge is 0.308 e. The molecule has 0 N–H and O–H groups in total. The second-order valence-corrected chi connectivity index (χ2v) is 15.6. The van der Waals surface area contributed by atoms with Gasteiger partial charge in [-0.2, -0.15) is 4.98 Å². The third-order valence-electron chi connectivity index (χ3n) is 7.31. The molecule has 0 spiro atoms. The largest absolute Gasteiger partial charge is 0.469 e. The average Bonchev–Trinajstić information content (AvgIpc) is 2.92. The van der Waals surface area contributed by atoms with Crippen molar-refractivity contribution in [1.29, 1.82) is 0 Å². The van der Waals surface area contributed by atoms with Gasteiger partial charge in [-0.05, 0) is 61.3 Å². The molecule has 11 heteroatoms. The first-order chi connectivity index (χ1) is 18.0. The molecule has 0 atom stereocenters. The van der Waals surface area contributed by atoms with E-state index in [0.717, 1.165) is 5.56 Å². The van der Waals surface area contributed by atoms with Crippen LogP contribution in [0.1, 0.15) is 33.6 Å². The quantitative estimate of drug-likeness (QED) is 0.188. The van der Waals surface area contributed by atoms with E-state index in [-0.39, 0.29) is 34.2 Å². The number of ether oxygens (including phenoxy) is 1. The highest BCUT2D eigenvalue weighted by molar-refractivity contribution is 6.73. The van der Waals surface area contributed by atoms with E-state index in [9.17, 15) is 9.59 Å². The minimum absolute atomic E-state index is 0.0740. The highest BCUT2D eigenvalue weighted by atomic mass is 28.4. The standard InChI is InChI=1S/C27H35N5O5Si/c1-27(2,3)38(5,6)37-36-22-18-32(21-10-8-19(9-11-21)23-28-14-7-15-29-23)25(33)24(30-22)31-16-12-20(13-17-31)26(34)35-4/h7-11,14-15,18,20H,12-13,16-17H2,1-6H3. The molecule has 1 aliphatic heterocycles. The van der Waals surface area contributed by atoms with E-state index in [1.54, 1.807) is 24.7 Å². The number of carbonyl (C=O) groups is 1. The van der Waals surface area contributed by atoms with E-state index >= 15 is 0 Å². The van der Waals surface area contributed by atoms with Gasteiger partial charge in [0.05, 0.1) is 19.2 Å². The van der Waals surface area contributed by atoms with Crippen molar-refractivity contribution >= 4 is 20.1 Å². The zero-order valence-corrected chi connectivity index (χ0v) is 23.8. The summed E-state index contributed by atoms with van der Waals surface area (Å²) in [4.78, 5) is 46.5. The molecule has 2 aromatic heterocycles. The van der Waals surface area contributed by atoms with Crippen molar-refractivity contribution in [2.75, 3.05) is 25.1 Å². The molecule has 0 unspecified atom stereocenters. The summed E-state index contributed by atoms with van der Waals surface area (Å²) in [7, 11) is -0.858. The number of piperidine rings is 1. The summed E-state index contributed by atoms with van der Waals surface area (Å²) in [5.74, 6) is 0.627. The number of anilines is 1. The highest BCUT2D eigenvalue weighted by Gasteiger charge is 2.40. The van der Waals surface area contributed by atoms with E-state index in [1.165, 1.54) is 11.7 Å². The van der Waals surface area contributed by atoms with Gasteiger partial charge in [0.25, 0.3) is 19.8 Å². The minimum atomic E-state index is -2.25. The number of esters is 1. The van der Waals surface area contributed by atoms with Crippen LogP contribution in [0.2, 0.25) is 18.1 Å². The van der Waals surface area contributed by atoms with E-state index in [2.05, 4.69) is 48.8 Å². The first kappa shape index (κ1) is 27.5. The Kier molecular flexibility index (Phi) is 7.98. The fourth-order valence-corrected chi connectivity index (χ4v) is 4.42. The predicted octanol–water partition coefficient (Wildman–Crippen LogP) is 4.39. The highest BCUT2D eigenvalue weighted by Crippen LogP contribution is 2.37. The number of methoxy groups -OCH3 is 1. The summed E-state index contributed by atoms with van der Waals surface area (Å²) in [5.41, 5.74) is 1.18. The van der Waals surface area contributed by atoms with Crippen molar-refractivity contribution in [3.63, 3.8) is 0 Å². The Hall–Kier alpha value is -3.57. The lowest BCUT2D eigenvalue weighted by Gasteiger charge is -2.34. The molecule has 1 fully saturated rings. The summed E-state index contributed by atoms with van der Waals surface area (Å²) in [6, 6.07) is 9.16. The topological polar surface area (TPSA) is 109 Å². The molecular weight excluding hydrogens is 502 g/mol. The summed E-state index contributed by atoms with van der Waals surface area (Å²) >= 11 is 0. The minimum Gasteiger partial charge on any atom is -0.469 e. The Morgan fingerprint density at radius 3 is 2.26 bits per heavy atom. The summed E-state index contributed by atoms with van der Waals surface area (Å²) in [5, 5.41) is -0.0740. The molecule has 4 rings (SSSR count). The van der Waals surface area contributed by atoms with E-state index in [0.29, 0.717) is 37.4 Å². The Bertz CT molecular complexity index is 1310. The molecule has 0 radical (unpaired) electrons. The number of hydrogen-bond donors (Lipinski definition) is 0. The molecule has 1 aliphatic rings. The van der Waals surface area contributed by atoms with Gasteiger partial charge in [0.1, 0.15) is 0 Å². The maximum absolute atomic E-state index is 13.7. The van der Waals surface area contributed by atoms with Crippen LogP contribution in [0.5, 0.6) is 5.88 Å². The fraction of sp³-hybridized carbons (Fsp3) is 0.444. The van der Waals surface area contributed by atoms with Crippen LogP contribution in [0.3, 0.4) is 0 Å². The maximum Gasteiger partial charge on any atom is 0.308 e. The van der Waals surface area contributed by atoms with Crippen molar-refractivity contribution in [3.05, 3.63) is 59.3 Å². The summed E-state index contributed by atoms with van der Waals surface area (Å²) in [6.07, 6.45) is 6.07. The third kappa shape index (κ3) is 5.94. The third-order valence-corrected chi connectivity index (χ3v) is 11.4. The normalized spacial score (nSPS) is 14.8. The van der Waals surface area contributed by atoms with E-state index < -0.39 is 8.32 Å². The zero-order valence-electron chi connectivity index (χ0n) is 22.8. The number of hydrogen-bond acceptors (Lipinski definition) is 9. The summed E-state index contributed by atoms with van der Waals surface area (Å²) < 4.78 is 12.4. The van der Waals surface area contributed by atoms with Crippen LogP contribution in [-0.4, -0.2) is 54.0 Å². The van der Waals surface area contributed by atoms with Gasteiger partial charge in [0.2, 0.25) is 0 Å². The van der Waals surface area contributed by atoms with Crippen molar-refractivity contribution in [1.82, 2.24) is 19.5 Å². The molecule has 3 aromatic rings. The second-order valence-electron chi connectivity index (χ2n) is 10.9. The SMILES string of the molecule is COC(=O)C1CCN(c2nc(OO[Si](C)(C)C(C)(C)C)cn(-c3ccc(-c4ncccn4)cc3)c2=O)CC1. The molecule has 0 aliphatic carbocycles. The molecule has 3 heterocycles. The van der Waals surface area contributed by atoms with Crippen LogP contribution >= 0.6 is 0 Å². The van der Waals surface area contributed by atoms with Crippen molar-refractivity contribution in [2.24, 2.45) is 5.92 Å². The Morgan fingerprint density at radius 1 is 1.05 bits per heavy atom. The van der Waals surface area contributed by atoms with E-state index in [1.807, 2.05) is 29.2 Å². The molecular formula is C27H35N5O5Si. The number of aromatic nitrogens is 4. The first-order valence-corrected chi connectivity index (χ1v) is 15.6. The Balaban J connectivity index is 1.68. The van der Waals surface area contributed by atoms with Gasteiger partial charge in [-0.25, -0.2) is 14.5 Å². The zero-order chi connectivity index (χ0) is 27.5. The van der Waals surface area contributed by atoms with Gasteiger partial charge >= 0.3 is 5.97 Å². The molecule has 202 valence electrons. The lowest BCUT2D eigenvalue weighted by atomic mass is 9.97. The maximum atomic E-state index is 13.7. The van der Waals surface area contributed by atoms with Gasteiger partial charge < -0.3 is 14.5 Å². The fourth-order valence-electron chi connectivity index (χ4n) is 3.88. The monoisotopic (exact) mass is 537 g/mol. The van der Waals surface area contributed by atoms with Crippen LogP contribution in [0, 0.1) is 5.92 Å². The van der Waals surface area contributed by atoms with Crippen LogP contribution in [0.25, 0.3) is 17.1 Å². The van der Waals surface area contributed by atoms with Gasteiger partial charge in [0, 0.05) is 36.7 Å². The lowest BCUT2D eigenvalue weighted by molar-refractivity contribution is -0.146. The average molecular weight is 538 g/mol. The van der Waals surface area contributed by atoms with Gasteiger partial charge in [0.15, 0.2) is 11.6 Å². The van der Waals surface area contributed by atoms with Gasteiger partial charge in [-0.15, -0.1) is 0 Å². The number of carbonyl (C=O) groups excluding carboxylic acids is 1. The van der Waals surface area contributed by atoms with Crippen molar-refractivity contribution in [2.45, 2.75) is 51.7 Å². The predicted molar refractivity (Wildman–Crippen MR) is 147 cm³/mol. The van der Waals surface area contributed by atoms with Gasteiger partial charge in [-0.3, -0.25) is 14.2 Å². The molecule has 10 nitrogen and oxygen atoms in total. The van der Waals surface area contributed by atoms with Crippen LogP contribution in [0.15, 0.2) is 53.7 Å². The lowest BCUT2D eigenvalue weighted by Crippen LogP contribution is -2.42. The first-order valence-electron chi connectivity index (χ1n) is 12.7. The number of rotatable bonds is 7. The van der Waals surface area contributed by atoms with Crippen molar-refractivity contribution in [3.8, 4) is 23.0 Å². The molecule has 1 saturated heterocycles. The van der Waals surface area contributed by atoms with Crippen LogP contribution in [0.4, 0.5) is 5.82 Å². The van der Waals surface area contributed by atoms with Crippen molar-refractivity contribution < 1.29 is 19.0 Å². The number of nitrogens with zero attached hydrogens (tertiary/aromatic N) is 5. The van der Waals surface area contributed by atoms with Crippen LogP contribution in [-0.2, 0) is 14.1 Å². The second kappa shape index (κ2) is 11.0. The molecule has 1 aromatic carbocycles. The Morgan fingerprint density at radius 2 is 1.68 bits per heavy atom. The van der Waals surface area contributed by atoms with Crippen LogP contribution < -0.4 is 15.3 Å². The van der Waals surface area contributed by atoms with E-state index in [4.69, 9.17) is 14.2 Å². The molecule has 38 heavy (non-hydrogen) atoms. The molecule has 0 saturated carbocycles. The summed E-state index contributed by atoms with van der Waals surface area (Å²) in [6.45, 7) is 11.5. The molecule has 0 bridgehead atoms. The Labute approximate surface area is 223 Å². The van der Waals surface area contributed by atoms with Gasteiger partial charge in [-0.1, -0.05) is 20.8 Å².